The van der Waals surface area contributed by atoms with Crippen molar-refractivity contribution in [2.24, 2.45) is 0 Å². The van der Waals surface area contributed by atoms with Gasteiger partial charge in [0.25, 0.3) is 0 Å². The lowest BCUT2D eigenvalue weighted by molar-refractivity contribution is 1.19. The van der Waals surface area contributed by atoms with Crippen LogP contribution < -0.4 is 0 Å². The topological polar surface area (TPSA) is 0 Å². The van der Waals surface area contributed by atoms with Gasteiger partial charge in [-0.25, -0.2) is 0 Å². The molecular weight excluding hydrogens is 236 g/mol. The highest BCUT2D eigenvalue weighted by Crippen LogP contribution is 2.30. The molecule has 1 aromatic heterocycles. The van der Waals surface area contributed by atoms with Crippen molar-refractivity contribution in [2.75, 3.05) is 0 Å². The summed E-state index contributed by atoms with van der Waals surface area (Å²) in [5.74, 6) is 0. The van der Waals surface area contributed by atoms with Crippen LogP contribution in [0.25, 0.3) is 21.2 Å². The van der Waals surface area contributed by atoms with E-state index in [2.05, 4.69) is 62.4 Å². The maximum Gasteiger partial charge on any atom is 0.0345 e. The average Bonchev–Trinajstić information content (AvgIpc) is 2.86. The van der Waals surface area contributed by atoms with Crippen LogP contribution in [0.5, 0.6) is 0 Å². The molecule has 1 heteroatoms. The lowest BCUT2D eigenvalue weighted by atomic mass is 10.0. The average molecular weight is 252 g/mol. The number of rotatable bonds is 2. The Morgan fingerprint density at radius 2 is 1.72 bits per heavy atom. The summed E-state index contributed by atoms with van der Waals surface area (Å²) < 4.78 is 0. The Labute approximate surface area is 112 Å². The van der Waals surface area contributed by atoms with Gasteiger partial charge in [0.05, 0.1) is 0 Å². The van der Waals surface area contributed by atoms with Crippen LogP contribution in [0.4, 0.5) is 0 Å². The van der Waals surface area contributed by atoms with Gasteiger partial charge in [-0.1, -0.05) is 42.8 Å². The molecule has 0 N–H and O–H groups in total. The second kappa shape index (κ2) is 4.58. The molecule has 0 nitrogen and oxygen atoms in total. The van der Waals surface area contributed by atoms with Crippen LogP contribution in [0.2, 0.25) is 0 Å². The molecular formula is C17H16S. The highest BCUT2D eigenvalue weighted by molar-refractivity contribution is 7.15. The first-order valence-electron chi connectivity index (χ1n) is 6.36. The minimum absolute atomic E-state index is 1.12. The monoisotopic (exact) mass is 252 g/mol. The molecule has 3 aromatic rings. The standard InChI is InChI=1S/C17H16S/c1-3-16-8-9-17(18-16)14-7-6-13-5-4-12(2)10-15(13)11-14/h4-11H,3H2,1-2H3. The minimum atomic E-state index is 1.12. The molecule has 0 aliphatic carbocycles. The highest BCUT2D eigenvalue weighted by Gasteiger charge is 2.03. The third kappa shape index (κ3) is 2.06. The van der Waals surface area contributed by atoms with Gasteiger partial charge in [-0.15, -0.1) is 11.3 Å². The smallest absolute Gasteiger partial charge is 0.0345 e. The highest BCUT2D eigenvalue weighted by atomic mass is 32.1. The van der Waals surface area contributed by atoms with Crippen LogP contribution in [0.3, 0.4) is 0 Å². The van der Waals surface area contributed by atoms with Gasteiger partial charge in [0.1, 0.15) is 0 Å². The summed E-state index contributed by atoms with van der Waals surface area (Å²) in [6, 6.07) is 17.8. The van der Waals surface area contributed by atoms with Gasteiger partial charge in [-0.2, -0.15) is 0 Å². The van der Waals surface area contributed by atoms with E-state index in [-0.39, 0.29) is 0 Å². The Bertz CT molecular complexity index is 692. The number of benzene rings is 2. The van der Waals surface area contributed by atoms with Crippen molar-refractivity contribution >= 4 is 22.1 Å². The molecule has 0 aliphatic heterocycles. The van der Waals surface area contributed by atoms with Gasteiger partial charge in [-0.05, 0) is 47.9 Å². The Morgan fingerprint density at radius 1 is 0.889 bits per heavy atom. The molecule has 0 bridgehead atoms. The van der Waals surface area contributed by atoms with Gasteiger partial charge in [0.2, 0.25) is 0 Å². The molecule has 0 saturated heterocycles. The van der Waals surface area contributed by atoms with Crippen molar-refractivity contribution in [2.45, 2.75) is 20.3 Å². The van der Waals surface area contributed by atoms with Gasteiger partial charge in [-0.3, -0.25) is 0 Å². The quantitative estimate of drug-likeness (QED) is 0.569. The Morgan fingerprint density at radius 3 is 2.50 bits per heavy atom. The summed E-state index contributed by atoms with van der Waals surface area (Å²) in [6.07, 6.45) is 1.12. The van der Waals surface area contributed by atoms with Crippen molar-refractivity contribution in [3.05, 3.63) is 59.0 Å². The fourth-order valence-corrected chi connectivity index (χ4v) is 3.19. The summed E-state index contributed by atoms with van der Waals surface area (Å²) in [5.41, 5.74) is 2.65. The number of aryl methyl sites for hydroxylation is 2. The SMILES string of the molecule is CCc1ccc(-c2ccc3ccc(C)cc3c2)s1. The largest absolute Gasteiger partial charge is 0.140 e. The van der Waals surface area contributed by atoms with E-state index >= 15 is 0 Å². The van der Waals surface area contributed by atoms with E-state index in [0.717, 1.165) is 6.42 Å². The van der Waals surface area contributed by atoms with Gasteiger partial charge < -0.3 is 0 Å². The van der Waals surface area contributed by atoms with Crippen LogP contribution in [-0.2, 0) is 6.42 Å². The van der Waals surface area contributed by atoms with Crippen LogP contribution >= 0.6 is 11.3 Å². The van der Waals surface area contributed by atoms with Crippen LogP contribution in [0.15, 0.2) is 48.5 Å². The van der Waals surface area contributed by atoms with Crippen molar-refractivity contribution in [3.63, 3.8) is 0 Å². The maximum absolute atomic E-state index is 2.30. The number of hydrogen-bond acceptors (Lipinski definition) is 1. The summed E-state index contributed by atoms with van der Waals surface area (Å²) in [6.45, 7) is 4.35. The fourth-order valence-electron chi connectivity index (χ4n) is 2.24. The van der Waals surface area contributed by atoms with Crippen LogP contribution in [0, 0.1) is 6.92 Å². The summed E-state index contributed by atoms with van der Waals surface area (Å²) in [4.78, 5) is 2.82. The zero-order chi connectivity index (χ0) is 12.5. The Hall–Kier alpha value is -1.60. The van der Waals surface area contributed by atoms with E-state index in [1.807, 2.05) is 11.3 Å². The normalized spacial score (nSPS) is 11.0. The van der Waals surface area contributed by atoms with Gasteiger partial charge in [0, 0.05) is 9.75 Å². The molecule has 0 spiro atoms. The van der Waals surface area contributed by atoms with E-state index in [4.69, 9.17) is 0 Å². The van der Waals surface area contributed by atoms with E-state index in [0.29, 0.717) is 0 Å². The maximum atomic E-state index is 2.30. The van der Waals surface area contributed by atoms with Crippen molar-refractivity contribution in [1.29, 1.82) is 0 Å². The molecule has 2 aromatic carbocycles. The van der Waals surface area contributed by atoms with Gasteiger partial charge in [0.15, 0.2) is 0 Å². The van der Waals surface area contributed by atoms with E-state index < -0.39 is 0 Å². The fraction of sp³-hybridized carbons (Fsp3) is 0.176. The number of hydrogen-bond donors (Lipinski definition) is 0. The first kappa shape index (κ1) is 11.5. The third-order valence-electron chi connectivity index (χ3n) is 3.29. The van der Waals surface area contributed by atoms with E-state index in [1.54, 1.807) is 0 Å². The zero-order valence-corrected chi connectivity index (χ0v) is 11.6. The second-order valence-electron chi connectivity index (χ2n) is 4.68. The predicted molar refractivity (Wildman–Crippen MR) is 81.4 cm³/mol. The van der Waals surface area contributed by atoms with Crippen molar-refractivity contribution in [3.8, 4) is 10.4 Å². The first-order valence-corrected chi connectivity index (χ1v) is 7.17. The molecule has 0 radical (unpaired) electrons. The molecule has 0 unspecified atom stereocenters. The predicted octanol–water partition coefficient (Wildman–Crippen LogP) is 5.44. The van der Waals surface area contributed by atoms with Gasteiger partial charge >= 0.3 is 0 Å². The van der Waals surface area contributed by atoms with E-state index in [9.17, 15) is 0 Å². The molecule has 90 valence electrons. The Balaban J connectivity index is 2.12. The zero-order valence-electron chi connectivity index (χ0n) is 10.7. The molecule has 0 aliphatic rings. The minimum Gasteiger partial charge on any atom is -0.140 e. The summed E-state index contributed by atoms with van der Waals surface area (Å²) in [5, 5.41) is 2.65. The van der Waals surface area contributed by atoms with Crippen LogP contribution in [-0.4, -0.2) is 0 Å². The first-order chi connectivity index (χ1) is 8.76. The Kier molecular flexibility index (Phi) is 2.92. The summed E-state index contributed by atoms with van der Waals surface area (Å²) >= 11 is 1.90. The number of thiophene rings is 1. The molecule has 0 fully saturated rings. The molecule has 3 rings (SSSR count). The summed E-state index contributed by atoms with van der Waals surface area (Å²) in [7, 11) is 0. The second-order valence-corrected chi connectivity index (χ2v) is 5.85. The lowest BCUT2D eigenvalue weighted by Crippen LogP contribution is -1.77. The number of fused-ring (bicyclic) bond motifs is 1. The van der Waals surface area contributed by atoms with Crippen molar-refractivity contribution < 1.29 is 0 Å². The molecule has 1 heterocycles. The molecule has 18 heavy (non-hydrogen) atoms. The lowest BCUT2D eigenvalue weighted by Gasteiger charge is -2.03. The van der Waals surface area contributed by atoms with E-state index in [1.165, 1.54) is 31.7 Å². The molecule has 0 saturated carbocycles. The molecule has 0 amide bonds. The molecule has 0 atom stereocenters. The van der Waals surface area contributed by atoms with Crippen molar-refractivity contribution in [1.82, 2.24) is 0 Å². The third-order valence-corrected chi connectivity index (χ3v) is 4.57. The van der Waals surface area contributed by atoms with Crippen LogP contribution in [0.1, 0.15) is 17.4 Å².